The third-order valence-electron chi connectivity index (χ3n) is 6.98. The van der Waals surface area contributed by atoms with Gasteiger partial charge in [-0.15, -0.1) is 0 Å². The lowest BCUT2D eigenvalue weighted by atomic mass is 9.81. The summed E-state index contributed by atoms with van der Waals surface area (Å²) in [5.41, 5.74) is 1.37. The van der Waals surface area contributed by atoms with Crippen LogP contribution in [-0.2, 0) is 20.8 Å². The number of anilines is 1. The number of carbonyl (C=O) groups is 3. The van der Waals surface area contributed by atoms with Crippen molar-refractivity contribution in [1.29, 1.82) is 0 Å². The third kappa shape index (κ3) is 3.12. The van der Waals surface area contributed by atoms with Gasteiger partial charge in [-0.1, -0.05) is 54.1 Å². The van der Waals surface area contributed by atoms with Gasteiger partial charge in [-0.25, -0.2) is 0 Å². The molecule has 0 aromatic heterocycles. The SMILES string of the molecule is O=C(Nc1ccccc1Cl)[C@H](Cc1ccccc1)N1C(=O)[C@H]2[C@H]3CC[C@@H](C3)[C@@H]2C1=O. The van der Waals surface area contributed by atoms with E-state index in [1.165, 1.54) is 4.90 Å². The average Bonchev–Trinajstić information content (AvgIpc) is 3.43. The van der Waals surface area contributed by atoms with Crippen LogP contribution in [0.2, 0.25) is 5.02 Å². The lowest BCUT2D eigenvalue weighted by Gasteiger charge is -2.27. The molecule has 3 amide bonds. The second-order valence-electron chi connectivity index (χ2n) is 8.61. The van der Waals surface area contributed by atoms with E-state index in [4.69, 9.17) is 11.6 Å². The molecule has 3 aliphatic rings. The Balaban J connectivity index is 1.47. The largest absolute Gasteiger partial charge is 0.323 e. The number of hydrogen-bond donors (Lipinski definition) is 1. The number of benzene rings is 2. The number of nitrogens with one attached hydrogen (secondary N) is 1. The van der Waals surface area contributed by atoms with E-state index in [9.17, 15) is 14.4 Å². The van der Waals surface area contributed by atoms with Crippen molar-refractivity contribution in [3.63, 3.8) is 0 Å². The number of imide groups is 1. The van der Waals surface area contributed by atoms with E-state index in [1.807, 2.05) is 30.3 Å². The zero-order chi connectivity index (χ0) is 20.8. The molecule has 0 radical (unpaired) electrons. The minimum atomic E-state index is -0.895. The Hall–Kier alpha value is -2.66. The fourth-order valence-corrected chi connectivity index (χ4v) is 5.84. The Morgan fingerprint density at radius 1 is 0.967 bits per heavy atom. The number of hydrogen-bond acceptors (Lipinski definition) is 3. The van der Waals surface area contributed by atoms with Crippen LogP contribution in [0.1, 0.15) is 24.8 Å². The summed E-state index contributed by atoms with van der Waals surface area (Å²) in [5, 5.41) is 3.25. The number of amides is 3. The van der Waals surface area contributed by atoms with Gasteiger partial charge in [0.05, 0.1) is 22.5 Å². The Bertz CT molecular complexity index is 981. The van der Waals surface area contributed by atoms with Crippen LogP contribution >= 0.6 is 11.6 Å². The van der Waals surface area contributed by atoms with Crippen molar-refractivity contribution in [2.45, 2.75) is 31.7 Å². The van der Waals surface area contributed by atoms with Gasteiger partial charge in [0.1, 0.15) is 6.04 Å². The number of rotatable bonds is 5. The van der Waals surface area contributed by atoms with Crippen molar-refractivity contribution >= 4 is 35.0 Å². The molecular formula is C24H23ClN2O3. The predicted octanol–water partition coefficient (Wildman–Crippen LogP) is 3.92. The summed E-state index contributed by atoms with van der Waals surface area (Å²) in [4.78, 5) is 41.3. The van der Waals surface area contributed by atoms with Gasteiger partial charge >= 0.3 is 0 Å². The zero-order valence-electron chi connectivity index (χ0n) is 16.5. The molecule has 1 heterocycles. The van der Waals surface area contributed by atoms with Gasteiger partial charge in [0.2, 0.25) is 17.7 Å². The molecule has 2 aromatic carbocycles. The first-order valence-electron chi connectivity index (χ1n) is 10.5. The first-order chi connectivity index (χ1) is 14.5. The highest BCUT2D eigenvalue weighted by atomic mass is 35.5. The van der Waals surface area contributed by atoms with Crippen LogP contribution in [-0.4, -0.2) is 28.7 Å². The molecule has 2 bridgehead atoms. The quantitative estimate of drug-likeness (QED) is 0.742. The summed E-state index contributed by atoms with van der Waals surface area (Å²) >= 11 is 6.21. The molecule has 1 saturated heterocycles. The lowest BCUT2D eigenvalue weighted by molar-refractivity contribution is -0.147. The predicted molar refractivity (Wildman–Crippen MR) is 114 cm³/mol. The highest BCUT2D eigenvalue weighted by Crippen LogP contribution is 2.56. The highest BCUT2D eigenvalue weighted by Gasteiger charge is 2.62. The monoisotopic (exact) mass is 422 g/mol. The molecule has 5 rings (SSSR count). The zero-order valence-corrected chi connectivity index (χ0v) is 17.2. The normalized spacial score (nSPS) is 28.0. The molecular weight excluding hydrogens is 400 g/mol. The average molecular weight is 423 g/mol. The number of likely N-dealkylation sites (tertiary alicyclic amines) is 1. The summed E-state index contributed by atoms with van der Waals surface area (Å²) in [6.07, 6.45) is 3.26. The van der Waals surface area contributed by atoms with E-state index in [1.54, 1.807) is 24.3 Å². The smallest absolute Gasteiger partial charge is 0.248 e. The van der Waals surface area contributed by atoms with E-state index < -0.39 is 6.04 Å². The maximum Gasteiger partial charge on any atom is 0.248 e. The summed E-state index contributed by atoms with van der Waals surface area (Å²) in [5.74, 6) is -0.665. The second kappa shape index (κ2) is 7.55. The van der Waals surface area contributed by atoms with Gasteiger partial charge in [0.25, 0.3) is 0 Å². The second-order valence-corrected chi connectivity index (χ2v) is 9.01. The van der Waals surface area contributed by atoms with Crippen LogP contribution < -0.4 is 5.32 Å². The number of nitrogens with zero attached hydrogens (tertiary/aromatic N) is 1. The molecule has 30 heavy (non-hydrogen) atoms. The molecule has 3 fully saturated rings. The van der Waals surface area contributed by atoms with E-state index in [0.717, 1.165) is 24.8 Å². The van der Waals surface area contributed by atoms with E-state index >= 15 is 0 Å². The van der Waals surface area contributed by atoms with Gasteiger partial charge in [0, 0.05) is 6.42 Å². The Kier molecular flexibility index (Phi) is 4.86. The fourth-order valence-electron chi connectivity index (χ4n) is 5.66. The van der Waals surface area contributed by atoms with Gasteiger partial charge < -0.3 is 5.32 Å². The molecule has 5 atom stereocenters. The maximum absolute atomic E-state index is 13.3. The van der Waals surface area contributed by atoms with Crippen LogP contribution in [0.25, 0.3) is 0 Å². The van der Waals surface area contributed by atoms with Crippen molar-refractivity contribution in [3.8, 4) is 0 Å². The van der Waals surface area contributed by atoms with Crippen molar-refractivity contribution in [1.82, 2.24) is 4.90 Å². The van der Waals surface area contributed by atoms with Crippen molar-refractivity contribution in [2.24, 2.45) is 23.7 Å². The minimum Gasteiger partial charge on any atom is -0.323 e. The first kappa shape index (κ1) is 19.3. The van der Waals surface area contributed by atoms with Crippen LogP contribution in [0.4, 0.5) is 5.69 Å². The number of para-hydroxylation sites is 1. The summed E-state index contributed by atoms with van der Waals surface area (Å²) < 4.78 is 0. The van der Waals surface area contributed by atoms with E-state index in [-0.39, 0.29) is 47.8 Å². The van der Waals surface area contributed by atoms with Gasteiger partial charge in [-0.3, -0.25) is 19.3 Å². The molecule has 154 valence electrons. The minimum absolute atomic E-state index is 0.174. The third-order valence-corrected chi connectivity index (χ3v) is 7.31. The molecule has 2 aromatic rings. The molecule has 1 N–H and O–H groups in total. The van der Waals surface area contributed by atoms with Crippen molar-refractivity contribution in [2.75, 3.05) is 5.32 Å². The maximum atomic E-state index is 13.3. The van der Waals surface area contributed by atoms with Crippen LogP contribution in [0.15, 0.2) is 54.6 Å². The Morgan fingerprint density at radius 2 is 1.57 bits per heavy atom. The van der Waals surface area contributed by atoms with Crippen LogP contribution in [0.3, 0.4) is 0 Å². The number of halogens is 1. The van der Waals surface area contributed by atoms with Crippen molar-refractivity contribution < 1.29 is 14.4 Å². The Labute approximate surface area is 180 Å². The molecule has 0 unspecified atom stereocenters. The molecule has 2 saturated carbocycles. The summed E-state index contributed by atoms with van der Waals surface area (Å²) in [6.45, 7) is 0. The molecule has 5 nitrogen and oxygen atoms in total. The van der Waals surface area contributed by atoms with Gasteiger partial charge in [-0.2, -0.15) is 0 Å². The van der Waals surface area contributed by atoms with Crippen LogP contribution in [0.5, 0.6) is 0 Å². The Morgan fingerprint density at radius 3 is 2.20 bits per heavy atom. The van der Waals surface area contributed by atoms with E-state index in [0.29, 0.717) is 10.7 Å². The highest BCUT2D eigenvalue weighted by molar-refractivity contribution is 6.33. The number of carbonyl (C=O) groups excluding carboxylic acids is 3. The van der Waals surface area contributed by atoms with Crippen LogP contribution in [0, 0.1) is 23.7 Å². The molecule has 0 spiro atoms. The van der Waals surface area contributed by atoms with Crippen molar-refractivity contribution in [3.05, 3.63) is 65.2 Å². The molecule has 2 aliphatic carbocycles. The standard InChI is InChI=1S/C24H23ClN2O3/c25-17-8-4-5-9-18(17)26-22(28)19(12-14-6-2-1-3-7-14)27-23(29)20-15-10-11-16(13-15)21(20)24(27)30/h1-9,15-16,19-21H,10-13H2,(H,26,28)/t15-,16-,19-,20-,21-/m0/s1. The number of fused-ring (bicyclic) bond motifs is 5. The van der Waals surface area contributed by atoms with E-state index in [2.05, 4.69) is 5.32 Å². The van der Waals surface area contributed by atoms with Gasteiger partial charge in [0.15, 0.2) is 0 Å². The topological polar surface area (TPSA) is 66.5 Å². The fraction of sp³-hybridized carbons (Fsp3) is 0.375. The van der Waals surface area contributed by atoms with Gasteiger partial charge in [-0.05, 0) is 48.8 Å². The first-order valence-corrected chi connectivity index (χ1v) is 10.9. The molecule has 1 aliphatic heterocycles. The summed E-state index contributed by atoms with van der Waals surface area (Å²) in [7, 11) is 0. The summed E-state index contributed by atoms with van der Waals surface area (Å²) in [6, 6.07) is 15.6. The molecule has 6 heteroatoms. The lowest BCUT2D eigenvalue weighted by Crippen LogP contribution is -2.49.